The maximum atomic E-state index is 10.7. The first kappa shape index (κ1) is 10.5. The second-order valence-corrected chi connectivity index (χ2v) is 3.71. The van der Waals surface area contributed by atoms with Crippen LogP contribution in [0.4, 0.5) is 5.82 Å². The average molecular weight is 220 g/mol. The van der Waals surface area contributed by atoms with E-state index in [-0.39, 0.29) is 11.4 Å². The van der Waals surface area contributed by atoms with E-state index in [1.165, 1.54) is 12.6 Å². The van der Waals surface area contributed by atoms with E-state index < -0.39 is 5.97 Å². The van der Waals surface area contributed by atoms with Gasteiger partial charge in [-0.2, -0.15) is 0 Å². The molecule has 0 aliphatic heterocycles. The summed E-state index contributed by atoms with van der Waals surface area (Å²) in [5.41, 5.74) is 0.129. The zero-order valence-corrected chi connectivity index (χ0v) is 8.60. The van der Waals surface area contributed by atoms with Crippen LogP contribution < -0.4 is 5.32 Å². The van der Waals surface area contributed by atoms with Gasteiger partial charge in [0.25, 0.3) is 0 Å². The molecule has 6 nitrogen and oxygen atoms in total. The molecule has 0 saturated heterocycles. The quantitative estimate of drug-likeness (QED) is 0.661. The molecule has 84 valence electrons. The van der Waals surface area contributed by atoms with Crippen molar-refractivity contribution in [1.29, 1.82) is 5.41 Å². The van der Waals surface area contributed by atoms with Crippen LogP contribution in [0.3, 0.4) is 0 Å². The Balaban J connectivity index is 2.23. The lowest BCUT2D eigenvalue weighted by Crippen LogP contribution is -2.28. The third-order valence-corrected chi connectivity index (χ3v) is 2.60. The van der Waals surface area contributed by atoms with Crippen molar-refractivity contribution in [1.82, 2.24) is 9.97 Å². The van der Waals surface area contributed by atoms with Gasteiger partial charge in [-0.15, -0.1) is 0 Å². The normalized spacial score (nSPS) is 15.2. The lowest BCUT2D eigenvalue weighted by atomic mass is 9.93. The molecule has 0 spiro atoms. The molecule has 1 aromatic rings. The number of hydrogen-bond donors (Lipinski definition) is 3. The smallest absolute Gasteiger partial charge is 0.356 e. The van der Waals surface area contributed by atoms with E-state index in [0.29, 0.717) is 11.9 Å². The van der Waals surface area contributed by atoms with Crippen LogP contribution in [-0.2, 0) is 0 Å². The molecule has 6 heteroatoms. The summed E-state index contributed by atoms with van der Waals surface area (Å²) in [7, 11) is 0. The highest BCUT2D eigenvalue weighted by Gasteiger charge is 2.19. The molecule has 2 rings (SSSR count). The van der Waals surface area contributed by atoms with Crippen LogP contribution >= 0.6 is 0 Å². The number of rotatable bonds is 4. The van der Waals surface area contributed by atoms with E-state index in [1.54, 1.807) is 0 Å². The SMILES string of the molecule is N=Cc1nc(C(=O)O)cnc1NC1CCC1. The van der Waals surface area contributed by atoms with Crippen molar-refractivity contribution in [3.8, 4) is 0 Å². The van der Waals surface area contributed by atoms with Gasteiger partial charge >= 0.3 is 5.97 Å². The molecular weight excluding hydrogens is 208 g/mol. The summed E-state index contributed by atoms with van der Waals surface area (Å²) < 4.78 is 0. The van der Waals surface area contributed by atoms with Gasteiger partial charge in [-0.25, -0.2) is 14.8 Å². The number of nitrogens with zero attached hydrogens (tertiary/aromatic N) is 2. The summed E-state index contributed by atoms with van der Waals surface area (Å²) in [5.74, 6) is -0.643. The highest BCUT2D eigenvalue weighted by molar-refractivity contribution is 5.88. The Bertz CT molecular complexity index is 429. The zero-order valence-electron chi connectivity index (χ0n) is 8.60. The monoisotopic (exact) mass is 220 g/mol. The van der Waals surface area contributed by atoms with E-state index in [0.717, 1.165) is 19.1 Å². The van der Waals surface area contributed by atoms with Gasteiger partial charge in [-0.3, -0.25) is 0 Å². The van der Waals surface area contributed by atoms with Crippen LogP contribution in [0, 0.1) is 5.41 Å². The molecule has 0 atom stereocenters. The summed E-state index contributed by atoms with van der Waals surface area (Å²) >= 11 is 0. The summed E-state index contributed by atoms with van der Waals surface area (Å²) in [6.07, 6.45) is 5.58. The molecule has 1 aromatic heterocycles. The highest BCUT2D eigenvalue weighted by atomic mass is 16.4. The van der Waals surface area contributed by atoms with Gasteiger partial charge in [0.1, 0.15) is 5.69 Å². The number of carbonyl (C=O) groups is 1. The van der Waals surface area contributed by atoms with E-state index in [9.17, 15) is 4.79 Å². The third-order valence-electron chi connectivity index (χ3n) is 2.60. The Morgan fingerprint density at radius 3 is 2.88 bits per heavy atom. The predicted molar refractivity (Wildman–Crippen MR) is 58.1 cm³/mol. The fraction of sp³-hybridized carbons (Fsp3) is 0.400. The molecule has 1 fully saturated rings. The molecule has 3 N–H and O–H groups in total. The van der Waals surface area contributed by atoms with Crippen molar-refractivity contribution in [2.45, 2.75) is 25.3 Å². The minimum atomic E-state index is -1.13. The summed E-state index contributed by atoms with van der Waals surface area (Å²) in [6, 6.07) is 0.378. The number of carboxylic acid groups (broad SMARTS) is 1. The Labute approximate surface area is 92.2 Å². The van der Waals surface area contributed by atoms with Gasteiger partial charge in [-0.05, 0) is 19.3 Å². The number of anilines is 1. The molecule has 1 saturated carbocycles. The lowest BCUT2D eigenvalue weighted by Gasteiger charge is -2.27. The van der Waals surface area contributed by atoms with E-state index in [4.69, 9.17) is 10.5 Å². The molecule has 0 unspecified atom stereocenters. The average Bonchev–Trinajstić information content (AvgIpc) is 2.23. The van der Waals surface area contributed by atoms with Gasteiger partial charge in [-0.1, -0.05) is 0 Å². The van der Waals surface area contributed by atoms with Crippen molar-refractivity contribution in [3.05, 3.63) is 17.6 Å². The first-order valence-electron chi connectivity index (χ1n) is 5.08. The minimum absolute atomic E-state index is 0.141. The number of nitrogens with one attached hydrogen (secondary N) is 2. The zero-order chi connectivity index (χ0) is 11.5. The summed E-state index contributed by atoms with van der Waals surface area (Å²) in [5, 5.41) is 19.1. The van der Waals surface area contributed by atoms with E-state index in [2.05, 4.69) is 15.3 Å². The maximum Gasteiger partial charge on any atom is 0.356 e. The first-order chi connectivity index (χ1) is 7.70. The summed E-state index contributed by atoms with van der Waals surface area (Å²) in [4.78, 5) is 18.5. The van der Waals surface area contributed by atoms with Gasteiger partial charge < -0.3 is 15.8 Å². The van der Waals surface area contributed by atoms with Crippen molar-refractivity contribution >= 4 is 18.0 Å². The Morgan fingerprint density at radius 1 is 1.62 bits per heavy atom. The molecule has 1 aliphatic carbocycles. The van der Waals surface area contributed by atoms with Crippen molar-refractivity contribution in [2.24, 2.45) is 0 Å². The van der Waals surface area contributed by atoms with Gasteiger partial charge in [0.05, 0.1) is 6.20 Å². The van der Waals surface area contributed by atoms with Crippen molar-refractivity contribution in [3.63, 3.8) is 0 Å². The van der Waals surface area contributed by atoms with Crippen molar-refractivity contribution in [2.75, 3.05) is 5.32 Å². The van der Waals surface area contributed by atoms with Crippen LogP contribution in [0.1, 0.15) is 35.4 Å². The van der Waals surface area contributed by atoms with Crippen LogP contribution in [0.5, 0.6) is 0 Å². The third kappa shape index (κ3) is 2.00. The van der Waals surface area contributed by atoms with E-state index >= 15 is 0 Å². The fourth-order valence-corrected chi connectivity index (χ4v) is 1.46. The van der Waals surface area contributed by atoms with Crippen LogP contribution in [0.2, 0.25) is 0 Å². The second-order valence-electron chi connectivity index (χ2n) is 3.71. The minimum Gasteiger partial charge on any atom is -0.476 e. The molecule has 1 heterocycles. The largest absolute Gasteiger partial charge is 0.476 e. The molecule has 16 heavy (non-hydrogen) atoms. The lowest BCUT2D eigenvalue weighted by molar-refractivity contribution is 0.0690. The predicted octanol–water partition coefficient (Wildman–Crippen LogP) is 1.14. The standard InChI is InChI=1S/C10H12N4O2/c11-4-7-9(13-6-2-1-3-6)12-5-8(14-7)10(15)16/h4-6,11H,1-3H2,(H,12,13)(H,15,16). The van der Waals surface area contributed by atoms with Crippen LogP contribution in [0.15, 0.2) is 6.20 Å². The van der Waals surface area contributed by atoms with Gasteiger partial charge in [0, 0.05) is 12.3 Å². The maximum absolute atomic E-state index is 10.7. The molecule has 0 aromatic carbocycles. The van der Waals surface area contributed by atoms with Gasteiger partial charge in [0.15, 0.2) is 11.5 Å². The first-order valence-corrected chi connectivity index (χ1v) is 5.08. The summed E-state index contributed by atoms with van der Waals surface area (Å²) in [6.45, 7) is 0. The number of aromatic nitrogens is 2. The fourth-order valence-electron chi connectivity index (χ4n) is 1.46. The van der Waals surface area contributed by atoms with E-state index in [1.807, 2.05) is 0 Å². The molecule has 0 bridgehead atoms. The van der Waals surface area contributed by atoms with Crippen LogP contribution in [-0.4, -0.2) is 33.3 Å². The van der Waals surface area contributed by atoms with Gasteiger partial charge in [0.2, 0.25) is 0 Å². The number of aromatic carboxylic acids is 1. The highest BCUT2D eigenvalue weighted by Crippen LogP contribution is 2.23. The topological polar surface area (TPSA) is 99.0 Å². The number of carboxylic acids is 1. The molecule has 1 aliphatic rings. The molecule has 0 amide bonds. The molecular formula is C10H12N4O2. The van der Waals surface area contributed by atoms with Crippen molar-refractivity contribution < 1.29 is 9.90 Å². The Morgan fingerprint density at radius 2 is 2.38 bits per heavy atom. The van der Waals surface area contributed by atoms with Crippen LogP contribution in [0.25, 0.3) is 0 Å². The number of hydrogen-bond acceptors (Lipinski definition) is 5. The Hall–Kier alpha value is -1.98. The Kier molecular flexibility index (Phi) is 2.80. The second kappa shape index (κ2) is 4.26. The molecule has 0 radical (unpaired) electrons.